The Kier molecular flexibility index (Phi) is 7.82. The molecule has 0 saturated heterocycles. The lowest BCUT2D eigenvalue weighted by Crippen LogP contribution is -2.55. The molecule has 4 rings (SSSR count). The van der Waals surface area contributed by atoms with Crippen LogP contribution in [0.4, 0.5) is 0 Å². The van der Waals surface area contributed by atoms with Gasteiger partial charge in [-0.2, -0.15) is 0 Å². The predicted octanol–water partition coefficient (Wildman–Crippen LogP) is 9.12. The van der Waals surface area contributed by atoms with E-state index in [1.165, 1.54) is 44.9 Å². The van der Waals surface area contributed by atoms with Gasteiger partial charge in [0.1, 0.15) is 6.10 Å². The van der Waals surface area contributed by atoms with E-state index in [4.69, 9.17) is 21.1 Å². The summed E-state index contributed by atoms with van der Waals surface area (Å²) in [4.78, 5) is 11.9. The normalized spacial score (nSPS) is 40.9. The number of methoxy groups -OCH3 is 1. The fourth-order valence-electron chi connectivity index (χ4n) is 10.1. The highest BCUT2D eigenvalue weighted by molar-refractivity contribution is 6.21. The van der Waals surface area contributed by atoms with Crippen LogP contribution in [0.5, 0.6) is 0 Å². The second kappa shape index (κ2) is 9.83. The van der Waals surface area contributed by atoms with Crippen LogP contribution in [0.1, 0.15) is 127 Å². The molecule has 0 aromatic carbocycles. The molecular formula is C33H55ClO3. The number of hydrogen-bond acceptors (Lipinski definition) is 3. The number of fused-ring (bicyclic) bond motifs is 4. The summed E-state index contributed by atoms with van der Waals surface area (Å²) >= 11 is 6.80. The molecule has 3 nitrogen and oxygen atoms in total. The van der Waals surface area contributed by atoms with E-state index in [1.54, 1.807) is 19.6 Å². The summed E-state index contributed by atoms with van der Waals surface area (Å²) in [5.74, 6) is 1.87. The molecule has 4 aliphatic carbocycles. The van der Waals surface area contributed by atoms with Gasteiger partial charge in [-0.05, 0) is 112 Å². The van der Waals surface area contributed by atoms with Crippen molar-refractivity contribution >= 4 is 17.6 Å². The van der Waals surface area contributed by atoms with Crippen molar-refractivity contribution in [3.8, 4) is 0 Å². The lowest BCUT2D eigenvalue weighted by Gasteiger charge is -2.62. The summed E-state index contributed by atoms with van der Waals surface area (Å²) in [6.45, 7) is 20.8. The molecule has 0 aromatic rings. The van der Waals surface area contributed by atoms with E-state index in [0.717, 1.165) is 25.2 Å². The molecule has 0 aromatic heterocycles. The summed E-state index contributed by atoms with van der Waals surface area (Å²) in [7, 11) is 1.77. The molecule has 0 aliphatic heterocycles. The third-order valence-corrected chi connectivity index (χ3v) is 13.6. The maximum atomic E-state index is 11.9. The number of alkyl halides is 1. The second-order valence-corrected chi connectivity index (χ2v) is 15.7. The number of ether oxygens (including phenoxy) is 2. The van der Waals surface area contributed by atoms with Gasteiger partial charge in [0.25, 0.3) is 0 Å². The van der Waals surface area contributed by atoms with Gasteiger partial charge in [0.05, 0.1) is 11.0 Å². The first kappa shape index (κ1) is 29.4. The highest BCUT2D eigenvalue weighted by Crippen LogP contribution is 2.72. The quantitative estimate of drug-likeness (QED) is 0.185. The Hall–Kier alpha value is -0.540. The van der Waals surface area contributed by atoms with Crippen LogP contribution < -0.4 is 0 Å². The minimum absolute atomic E-state index is 0.0136. The molecule has 0 amide bonds. The van der Waals surface area contributed by atoms with Gasteiger partial charge >= 0.3 is 5.97 Å². The summed E-state index contributed by atoms with van der Waals surface area (Å²) < 4.78 is 11.5. The first-order chi connectivity index (χ1) is 17.0. The molecule has 8 atom stereocenters. The molecular weight excluding hydrogens is 480 g/mol. The SMILES string of the molecule is COC(C)(C)C(Cl)CCC(C)C1CCC2(C)C3=C(CCC12C)C1(C)CCC(OC(C)=O)C(C)(C)C1CC3. The van der Waals surface area contributed by atoms with Crippen molar-refractivity contribution in [3.63, 3.8) is 0 Å². The average molecular weight is 535 g/mol. The van der Waals surface area contributed by atoms with Gasteiger partial charge in [0, 0.05) is 19.4 Å². The third kappa shape index (κ3) is 4.55. The van der Waals surface area contributed by atoms with Crippen LogP contribution in [0.2, 0.25) is 0 Å². The molecule has 0 bridgehead atoms. The lowest BCUT2D eigenvalue weighted by atomic mass is 9.43. The van der Waals surface area contributed by atoms with Gasteiger partial charge in [0.15, 0.2) is 0 Å². The maximum Gasteiger partial charge on any atom is 0.302 e. The Bertz CT molecular complexity index is 921. The fourth-order valence-corrected chi connectivity index (χ4v) is 10.3. The van der Waals surface area contributed by atoms with Crippen LogP contribution >= 0.6 is 11.6 Å². The molecule has 37 heavy (non-hydrogen) atoms. The Morgan fingerprint density at radius 2 is 1.68 bits per heavy atom. The molecule has 8 unspecified atom stereocenters. The van der Waals surface area contributed by atoms with Crippen molar-refractivity contribution in [2.75, 3.05) is 7.11 Å². The zero-order valence-electron chi connectivity index (χ0n) is 25.6. The summed E-state index contributed by atoms with van der Waals surface area (Å²) in [6, 6.07) is 0. The number of carbonyl (C=O) groups excluding carboxylic acids is 1. The number of allylic oxidation sites excluding steroid dienone is 2. The van der Waals surface area contributed by atoms with Gasteiger partial charge < -0.3 is 9.47 Å². The first-order valence-electron chi connectivity index (χ1n) is 15.1. The van der Waals surface area contributed by atoms with Gasteiger partial charge in [-0.3, -0.25) is 4.79 Å². The molecule has 212 valence electrons. The summed E-state index contributed by atoms with van der Waals surface area (Å²) in [5, 5.41) is 0.0434. The monoisotopic (exact) mass is 534 g/mol. The number of carbonyl (C=O) groups is 1. The molecule has 0 heterocycles. The van der Waals surface area contributed by atoms with Crippen LogP contribution in [0.3, 0.4) is 0 Å². The molecule has 0 radical (unpaired) electrons. The highest BCUT2D eigenvalue weighted by Gasteiger charge is 2.63. The molecule has 0 spiro atoms. The fraction of sp³-hybridized carbons (Fsp3) is 0.909. The minimum atomic E-state index is -0.282. The van der Waals surface area contributed by atoms with Crippen LogP contribution in [-0.2, 0) is 14.3 Å². The van der Waals surface area contributed by atoms with Crippen LogP contribution in [-0.4, -0.2) is 30.2 Å². The van der Waals surface area contributed by atoms with Gasteiger partial charge in [0.2, 0.25) is 0 Å². The zero-order valence-corrected chi connectivity index (χ0v) is 26.3. The summed E-state index contributed by atoms with van der Waals surface area (Å²) in [5.41, 5.74) is 4.25. The van der Waals surface area contributed by atoms with E-state index in [-0.39, 0.29) is 33.9 Å². The standard InChI is InChI=1S/C33H55ClO3/c1-21(11-14-27(34)30(5,6)36-10)23-15-19-33(9)25-12-13-26-29(3,4)28(37-22(2)35)17-18-31(26,7)24(25)16-20-32(23,33)8/h21,23,26-28H,11-20H2,1-10H3. The molecule has 2 saturated carbocycles. The Balaban J connectivity index is 1.58. The van der Waals surface area contributed by atoms with Crippen LogP contribution in [0.15, 0.2) is 11.1 Å². The van der Waals surface area contributed by atoms with E-state index < -0.39 is 0 Å². The van der Waals surface area contributed by atoms with Gasteiger partial charge in [-0.1, -0.05) is 52.7 Å². The minimum Gasteiger partial charge on any atom is -0.462 e. The van der Waals surface area contributed by atoms with Crippen molar-refractivity contribution in [1.82, 2.24) is 0 Å². The lowest BCUT2D eigenvalue weighted by molar-refractivity contribution is -0.167. The van der Waals surface area contributed by atoms with Crippen molar-refractivity contribution in [3.05, 3.63) is 11.1 Å². The van der Waals surface area contributed by atoms with E-state index >= 15 is 0 Å². The van der Waals surface area contributed by atoms with Crippen molar-refractivity contribution in [2.24, 2.45) is 39.4 Å². The average Bonchev–Trinajstić information content (AvgIpc) is 3.10. The number of rotatable bonds is 7. The van der Waals surface area contributed by atoms with E-state index in [9.17, 15) is 4.79 Å². The van der Waals surface area contributed by atoms with Gasteiger partial charge in [-0.15, -0.1) is 11.6 Å². The van der Waals surface area contributed by atoms with Gasteiger partial charge in [-0.25, -0.2) is 0 Å². The maximum absolute atomic E-state index is 11.9. The van der Waals surface area contributed by atoms with E-state index in [2.05, 4.69) is 55.4 Å². The van der Waals surface area contributed by atoms with Crippen LogP contribution in [0, 0.1) is 39.4 Å². The van der Waals surface area contributed by atoms with Crippen molar-refractivity contribution in [1.29, 1.82) is 0 Å². The largest absolute Gasteiger partial charge is 0.462 e. The molecule has 0 N–H and O–H groups in total. The summed E-state index contributed by atoms with van der Waals surface area (Å²) in [6.07, 6.45) is 12.0. The third-order valence-electron chi connectivity index (χ3n) is 12.9. The predicted molar refractivity (Wildman–Crippen MR) is 154 cm³/mol. The topological polar surface area (TPSA) is 35.5 Å². The molecule has 4 heteroatoms. The Morgan fingerprint density at radius 1 is 1.00 bits per heavy atom. The smallest absolute Gasteiger partial charge is 0.302 e. The molecule has 2 fully saturated rings. The Labute approximate surface area is 232 Å². The van der Waals surface area contributed by atoms with Crippen molar-refractivity contribution in [2.45, 2.75) is 144 Å². The number of esters is 1. The zero-order chi connectivity index (χ0) is 27.6. The molecule has 4 aliphatic rings. The van der Waals surface area contributed by atoms with Crippen molar-refractivity contribution < 1.29 is 14.3 Å². The highest BCUT2D eigenvalue weighted by atomic mass is 35.5. The first-order valence-corrected chi connectivity index (χ1v) is 15.6. The Morgan fingerprint density at radius 3 is 2.30 bits per heavy atom. The number of halogens is 1. The second-order valence-electron chi connectivity index (χ2n) is 15.1. The number of hydrogen-bond donors (Lipinski definition) is 0. The van der Waals surface area contributed by atoms with E-state index in [1.807, 2.05) is 5.57 Å². The van der Waals surface area contributed by atoms with Crippen LogP contribution in [0.25, 0.3) is 0 Å². The van der Waals surface area contributed by atoms with E-state index in [0.29, 0.717) is 22.7 Å².